The van der Waals surface area contributed by atoms with E-state index in [4.69, 9.17) is 9.94 Å². The van der Waals surface area contributed by atoms with Gasteiger partial charge in [-0.25, -0.2) is 9.18 Å². The van der Waals surface area contributed by atoms with Gasteiger partial charge in [-0.3, -0.25) is 0 Å². The van der Waals surface area contributed by atoms with Gasteiger partial charge in [0.2, 0.25) is 0 Å². The molecule has 0 saturated carbocycles. The van der Waals surface area contributed by atoms with Crippen LogP contribution in [0.1, 0.15) is 27.2 Å². The van der Waals surface area contributed by atoms with Crippen LogP contribution in [0, 0.1) is 0 Å². The zero-order valence-corrected chi connectivity index (χ0v) is 9.73. The van der Waals surface area contributed by atoms with Crippen molar-refractivity contribution in [3.8, 4) is 0 Å². The zero-order valence-electron chi connectivity index (χ0n) is 9.73. The Balaban J connectivity index is 2.55. The molecule has 1 aliphatic rings. The first kappa shape index (κ1) is 12.7. The zero-order chi connectivity index (χ0) is 12.3. The molecule has 1 fully saturated rings. The molecule has 0 spiro atoms. The molecule has 1 saturated heterocycles. The summed E-state index contributed by atoms with van der Waals surface area (Å²) in [6.07, 6.45) is -1.71. The van der Waals surface area contributed by atoms with Crippen molar-refractivity contribution in [1.29, 1.82) is 0 Å². The number of alkyl halides is 1. The minimum Gasteiger partial charge on any atom is -0.444 e. The summed E-state index contributed by atoms with van der Waals surface area (Å²) in [5, 5.41) is 11.3. The molecular weight excluding hydrogens is 215 g/mol. The Kier molecular flexibility index (Phi) is 3.72. The summed E-state index contributed by atoms with van der Waals surface area (Å²) in [5.74, 6) is 0. The SMILES string of the molecule is CC(C)(C)OC(=O)N1CC/C(=N/O)[C@H](F)C1. The van der Waals surface area contributed by atoms with Gasteiger partial charge in [-0.1, -0.05) is 5.16 Å². The number of nitrogens with zero attached hydrogens (tertiary/aromatic N) is 2. The van der Waals surface area contributed by atoms with Crippen LogP contribution in [0.25, 0.3) is 0 Å². The number of halogens is 1. The number of hydrogen-bond donors (Lipinski definition) is 1. The normalized spacial score (nSPS) is 24.6. The molecule has 1 aliphatic heterocycles. The van der Waals surface area contributed by atoms with E-state index in [1.165, 1.54) is 4.90 Å². The largest absolute Gasteiger partial charge is 0.444 e. The average molecular weight is 232 g/mol. The summed E-state index contributed by atoms with van der Waals surface area (Å²) in [6, 6.07) is 0. The molecular formula is C10H17FN2O3. The summed E-state index contributed by atoms with van der Waals surface area (Å²) in [7, 11) is 0. The molecule has 0 unspecified atom stereocenters. The minimum absolute atomic E-state index is 0.0832. The second-order valence-electron chi connectivity index (χ2n) is 4.74. The van der Waals surface area contributed by atoms with Crippen LogP contribution in [0.15, 0.2) is 5.16 Å². The maximum absolute atomic E-state index is 13.4. The highest BCUT2D eigenvalue weighted by Crippen LogP contribution is 2.15. The first-order chi connectivity index (χ1) is 7.33. The molecule has 0 bridgehead atoms. The highest BCUT2D eigenvalue weighted by Gasteiger charge is 2.31. The summed E-state index contributed by atoms with van der Waals surface area (Å²) < 4.78 is 18.5. The van der Waals surface area contributed by atoms with E-state index in [1.54, 1.807) is 20.8 Å². The van der Waals surface area contributed by atoms with Crippen LogP contribution in [0.2, 0.25) is 0 Å². The lowest BCUT2D eigenvalue weighted by Crippen LogP contribution is -2.47. The number of carbonyl (C=O) groups excluding carboxylic acids is 1. The van der Waals surface area contributed by atoms with E-state index >= 15 is 0 Å². The third kappa shape index (κ3) is 3.36. The average Bonchev–Trinajstić information content (AvgIpc) is 2.15. The number of carbonyl (C=O) groups is 1. The summed E-state index contributed by atoms with van der Waals surface area (Å²) >= 11 is 0. The topological polar surface area (TPSA) is 62.1 Å². The fraction of sp³-hybridized carbons (Fsp3) is 0.800. The predicted octanol–water partition coefficient (Wildman–Crippen LogP) is 1.80. The maximum Gasteiger partial charge on any atom is 0.410 e. The lowest BCUT2D eigenvalue weighted by molar-refractivity contribution is 0.0209. The Labute approximate surface area is 93.9 Å². The smallest absolute Gasteiger partial charge is 0.410 e. The van der Waals surface area contributed by atoms with Gasteiger partial charge in [-0.15, -0.1) is 0 Å². The highest BCUT2D eigenvalue weighted by atomic mass is 19.1. The second-order valence-corrected chi connectivity index (χ2v) is 4.74. The van der Waals surface area contributed by atoms with E-state index in [2.05, 4.69) is 5.16 Å². The van der Waals surface area contributed by atoms with Crippen LogP contribution in [-0.4, -0.2) is 46.8 Å². The van der Waals surface area contributed by atoms with Crippen LogP contribution in [0.5, 0.6) is 0 Å². The third-order valence-corrected chi connectivity index (χ3v) is 2.16. The van der Waals surface area contributed by atoms with Crippen molar-refractivity contribution in [2.45, 2.75) is 39.0 Å². The third-order valence-electron chi connectivity index (χ3n) is 2.16. The van der Waals surface area contributed by atoms with Gasteiger partial charge in [0, 0.05) is 13.0 Å². The predicted molar refractivity (Wildman–Crippen MR) is 56.5 cm³/mol. The molecule has 1 N–H and O–H groups in total. The highest BCUT2D eigenvalue weighted by molar-refractivity contribution is 5.90. The standard InChI is InChI=1S/C10H17FN2O3/c1-10(2,3)16-9(14)13-5-4-8(12-15)7(11)6-13/h7,15H,4-6H2,1-3H3/b12-8-/t7-/m1/s1. The number of oxime groups is 1. The molecule has 1 atom stereocenters. The van der Waals surface area contributed by atoms with Crippen molar-refractivity contribution in [3.63, 3.8) is 0 Å². The van der Waals surface area contributed by atoms with Crippen LogP contribution in [0.4, 0.5) is 9.18 Å². The summed E-state index contributed by atoms with van der Waals surface area (Å²) in [6.45, 7) is 5.45. The van der Waals surface area contributed by atoms with Crippen molar-refractivity contribution in [2.24, 2.45) is 5.16 Å². The number of hydrogen-bond acceptors (Lipinski definition) is 4. The van der Waals surface area contributed by atoms with Crippen LogP contribution >= 0.6 is 0 Å². The van der Waals surface area contributed by atoms with Gasteiger partial charge < -0.3 is 14.8 Å². The summed E-state index contributed by atoms with van der Waals surface area (Å²) in [4.78, 5) is 12.9. The molecule has 1 heterocycles. The molecule has 16 heavy (non-hydrogen) atoms. The van der Waals surface area contributed by atoms with E-state index in [0.29, 0.717) is 6.54 Å². The Bertz CT molecular complexity index is 299. The van der Waals surface area contributed by atoms with Crippen molar-refractivity contribution >= 4 is 11.8 Å². The maximum atomic E-state index is 13.4. The number of likely N-dealkylation sites (tertiary alicyclic amines) is 1. The van der Waals surface area contributed by atoms with Crippen LogP contribution < -0.4 is 0 Å². The molecule has 0 radical (unpaired) electrons. The molecule has 6 heteroatoms. The van der Waals surface area contributed by atoms with Gasteiger partial charge in [-0.05, 0) is 20.8 Å². The number of ether oxygens (including phenoxy) is 1. The van der Waals surface area contributed by atoms with Crippen LogP contribution in [-0.2, 0) is 4.74 Å². The van der Waals surface area contributed by atoms with Crippen molar-refractivity contribution in [2.75, 3.05) is 13.1 Å². The monoisotopic (exact) mass is 232 g/mol. The fourth-order valence-electron chi connectivity index (χ4n) is 1.40. The first-order valence-corrected chi connectivity index (χ1v) is 5.16. The van der Waals surface area contributed by atoms with Gasteiger partial charge in [0.15, 0.2) is 6.17 Å². The van der Waals surface area contributed by atoms with E-state index in [0.717, 1.165) is 0 Å². The number of amides is 1. The number of rotatable bonds is 0. The molecule has 92 valence electrons. The molecule has 1 rings (SSSR count). The van der Waals surface area contributed by atoms with Crippen molar-refractivity contribution in [3.05, 3.63) is 0 Å². The summed E-state index contributed by atoms with van der Waals surface area (Å²) in [5.41, 5.74) is -0.506. The van der Waals surface area contributed by atoms with Crippen LogP contribution in [0.3, 0.4) is 0 Å². The lowest BCUT2D eigenvalue weighted by atomic mass is 10.1. The first-order valence-electron chi connectivity index (χ1n) is 5.16. The molecule has 0 aliphatic carbocycles. The quantitative estimate of drug-likeness (QED) is 0.511. The van der Waals surface area contributed by atoms with Gasteiger partial charge in [0.1, 0.15) is 5.60 Å². The van der Waals surface area contributed by atoms with Crippen molar-refractivity contribution in [1.82, 2.24) is 4.90 Å². The van der Waals surface area contributed by atoms with E-state index in [1.807, 2.05) is 0 Å². The van der Waals surface area contributed by atoms with Gasteiger partial charge in [-0.2, -0.15) is 0 Å². The lowest BCUT2D eigenvalue weighted by Gasteiger charge is -2.31. The van der Waals surface area contributed by atoms with Gasteiger partial charge in [0.05, 0.1) is 12.3 Å². The van der Waals surface area contributed by atoms with E-state index < -0.39 is 17.9 Å². The minimum atomic E-state index is -1.41. The molecule has 0 aromatic heterocycles. The molecule has 1 amide bonds. The molecule has 5 nitrogen and oxygen atoms in total. The molecule has 0 aromatic rings. The van der Waals surface area contributed by atoms with Crippen molar-refractivity contribution < 1.29 is 19.1 Å². The van der Waals surface area contributed by atoms with Gasteiger partial charge in [0.25, 0.3) is 0 Å². The fourth-order valence-corrected chi connectivity index (χ4v) is 1.40. The number of piperidine rings is 1. The Morgan fingerprint density at radius 2 is 2.25 bits per heavy atom. The van der Waals surface area contributed by atoms with Gasteiger partial charge >= 0.3 is 6.09 Å². The van der Waals surface area contributed by atoms with E-state index in [9.17, 15) is 9.18 Å². The molecule has 0 aromatic carbocycles. The Hall–Kier alpha value is -1.33. The van der Waals surface area contributed by atoms with E-state index in [-0.39, 0.29) is 18.7 Å². The Morgan fingerprint density at radius 1 is 1.62 bits per heavy atom. The Morgan fingerprint density at radius 3 is 2.69 bits per heavy atom. The second kappa shape index (κ2) is 4.67.